The van der Waals surface area contributed by atoms with Gasteiger partial charge < -0.3 is 16.0 Å². The summed E-state index contributed by atoms with van der Waals surface area (Å²) in [4.78, 5) is 26.5. The lowest BCUT2D eigenvalue weighted by Crippen LogP contribution is -2.34. The van der Waals surface area contributed by atoms with E-state index in [9.17, 15) is 14.0 Å². The molecule has 0 saturated carbocycles. The first-order valence-corrected chi connectivity index (χ1v) is 8.32. The van der Waals surface area contributed by atoms with Crippen LogP contribution in [0.4, 0.5) is 10.1 Å². The minimum atomic E-state index is -0.746. The van der Waals surface area contributed by atoms with Crippen LogP contribution in [0.5, 0.6) is 0 Å². The molecule has 2 rings (SSSR count). The molecule has 0 aliphatic carbocycles. The molecule has 0 radical (unpaired) electrons. The predicted molar refractivity (Wildman–Crippen MR) is 93.6 cm³/mol. The van der Waals surface area contributed by atoms with E-state index in [1.807, 2.05) is 24.4 Å². The number of primary amides is 1. The fourth-order valence-electron chi connectivity index (χ4n) is 2.26. The molecule has 0 spiro atoms. The second kappa shape index (κ2) is 7.44. The van der Waals surface area contributed by atoms with Crippen LogP contribution in [-0.2, 0) is 4.79 Å². The third kappa shape index (κ3) is 3.91. The van der Waals surface area contributed by atoms with Crippen molar-refractivity contribution in [3.63, 3.8) is 0 Å². The van der Waals surface area contributed by atoms with Gasteiger partial charge in [-0.15, -0.1) is 11.3 Å². The Hall–Kier alpha value is -2.41. The van der Waals surface area contributed by atoms with Gasteiger partial charge in [-0.25, -0.2) is 4.39 Å². The maximum absolute atomic E-state index is 13.6. The van der Waals surface area contributed by atoms with Crippen LogP contribution in [0, 0.1) is 12.7 Å². The molecule has 2 amide bonds. The van der Waals surface area contributed by atoms with Gasteiger partial charge in [-0.2, -0.15) is 0 Å². The van der Waals surface area contributed by atoms with Crippen molar-refractivity contribution in [3.05, 3.63) is 51.5 Å². The molecule has 0 aliphatic rings. The number of hydrogen-bond acceptors (Lipinski definition) is 4. The number of nitrogens with two attached hydrogens (primary N) is 1. The molecule has 5 nitrogen and oxygen atoms in total. The number of aryl methyl sites for hydroxylation is 1. The van der Waals surface area contributed by atoms with Gasteiger partial charge in [0.15, 0.2) is 0 Å². The largest absolute Gasteiger partial charge is 0.375 e. The minimum absolute atomic E-state index is 0.0163. The van der Waals surface area contributed by atoms with E-state index in [1.54, 1.807) is 30.2 Å². The number of nitrogens with zero attached hydrogens (tertiary/aromatic N) is 1. The second-order valence-corrected chi connectivity index (χ2v) is 6.54. The summed E-state index contributed by atoms with van der Waals surface area (Å²) < 4.78 is 13.6. The van der Waals surface area contributed by atoms with E-state index in [-0.39, 0.29) is 24.1 Å². The SMILES string of the molecule is Cc1cc(NCC(=O)N(C)[C@H](C)c2cccs2)c(C(N)=O)cc1F. The number of rotatable bonds is 6. The second-order valence-electron chi connectivity index (χ2n) is 5.56. The summed E-state index contributed by atoms with van der Waals surface area (Å²) in [5, 5.41) is 4.85. The molecule has 128 valence electrons. The van der Waals surface area contributed by atoms with E-state index >= 15 is 0 Å². The van der Waals surface area contributed by atoms with Gasteiger partial charge in [0.25, 0.3) is 5.91 Å². The van der Waals surface area contributed by atoms with E-state index in [4.69, 9.17) is 5.73 Å². The zero-order valence-corrected chi connectivity index (χ0v) is 14.6. The van der Waals surface area contributed by atoms with Crippen molar-refractivity contribution in [1.29, 1.82) is 0 Å². The standard InChI is InChI=1S/C17H20FN3O2S/c1-10-7-14(12(17(19)23)8-13(10)18)20-9-16(22)21(3)11(2)15-5-4-6-24-15/h4-8,11,20H,9H2,1-3H3,(H2,19,23)/t11-/m1/s1. The summed E-state index contributed by atoms with van der Waals surface area (Å²) in [7, 11) is 1.72. The number of nitrogens with one attached hydrogen (secondary N) is 1. The molecule has 0 unspecified atom stereocenters. The van der Waals surface area contributed by atoms with E-state index in [2.05, 4.69) is 5.32 Å². The van der Waals surface area contributed by atoms with Gasteiger partial charge in [0.1, 0.15) is 5.82 Å². The summed E-state index contributed by atoms with van der Waals surface area (Å²) in [6.45, 7) is 3.51. The van der Waals surface area contributed by atoms with Crippen LogP contribution in [0.2, 0.25) is 0 Å². The Morgan fingerprint density at radius 2 is 2.12 bits per heavy atom. The quantitative estimate of drug-likeness (QED) is 0.842. The summed E-state index contributed by atoms with van der Waals surface area (Å²) in [5.41, 5.74) is 6.02. The number of carbonyl (C=O) groups is 2. The van der Waals surface area contributed by atoms with Crippen LogP contribution in [0.3, 0.4) is 0 Å². The van der Waals surface area contributed by atoms with Crippen molar-refractivity contribution in [2.75, 3.05) is 18.9 Å². The number of likely N-dealkylation sites (N-methyl/N-ethyl adjacent to an activating group) is 1. The van der Waals surface area contributed by atoms with E-state index in [1.165, 1.54) is 6.07 Å². The highest BCUT2D eigenvalue weighted by atomic mass is 32.1. The molecule has 0 saturated heterocycles. The topological polar surface area (TPSA) is 75.4 Å². The van der Waals surface area contributed by atoms with Gasteiger partial charge in [-0.1, -0.05) is 6.07 Å². The Bertz CT molecular complexity index is 747. The van der Waals surface area contributed by atoms with Crippen molar-refractivity contribution in [2.45, 2.75) is 19.9 Å². The van der Waals surface area contributed by atoms with E-state index in [0.29, 0.717) is 11.3 Å². The highest BCUT2D eigenvalue weighted by molar-refractivity contribution is 7.10. The molecule has 1 aromatic carbocycles. The maximum atomic E-state index is 13.6. The predicted octanol–water partition coefficient (Wildman–Crippen LogP) is 2.93. The van der Waals surface area contributed by atoms with Crippen molar-refractivity contribution >= 4 is 28.8 Å². The molecule has 24 heavy (non-hydrogen) atoms. The van der Waals surface area contributed by atoms with Crippen LogP contribution in [0.25, 0.3) is 0 Å². The van der Waals surface area contributed by atoms with Gasteiger partial charge in [0, 0.05) is 17.6 Å². The van der Waals surface area contributed by atoms with Crippen molar-refractivity contribution in [3.8, 4) is 0 Å². The van der Waals surface area contributed by atoms with Crippen LogP contribution >= 0.6 is 11.3 Å². The van der Waals surface area contributed by atoms with Crippen molar-refractivity contribution in [2.24, 2.45) is 5.73 Å². The van der Waals surface area contributed by atoms with E-state index < -0.39 is 11.7 Å². The lowest BCUT2D eigenvalue weighted by atomic mass is 10.1. The van der Waals surface area contributed by atoms with Gasteiger partial charge in [0.2, 0.25) is 5.91 Å². The van der Waals surface area contributed by atoms with Crippen molar-refractivity contribution < 1.29 is 14.0 Å². The Kier molecular flexibility index (Phi) is 5.56. The first kappa shape index (κ1) is 17.9. The summed E-state index contributed by atoms with van der Waals surface area (Å²) in [5.74, 6) is -1.40. The van der Waals surface area contributed by atoms with Crippen LogP contribution in [-0.4, -0.2) is 30.3 Å². The Morgan fingerprint density at radius 1 is 1.42 bits per heavy atom. The molecular formula is C17H20FN3O2S. The number of hydrogen-bond donors (Lipinski definition) is 2. The molecule has 7 heteroatoms. The fraction of sp³-hybridized carbons (Fsp3) is 0.294. The number of anilines is 1. The molecule has 0 bridgehead atoms. The Labute approximate surface area is 144 Å². The highest BCUT2D eigenvalue weighted by Crippen LogP contribution is 2.24. The van der Waals surface area contributed by atoms with E-state index in [0.717, 1.165) is 10.9 Å². The third-order valence-corrected chi connectivity index (χ3v) is 4.97. The highest BCUT2D eigenvalue weighted by Gasteiger charge is 2.19. The first-order chi connectivity index (χ1) is 11.3. The lowest BCUT2D eigenvalue weighted by molar-refractivity contribution is -0.129. The maximum Gasteiger partial charge on any atom is 0.250 e. The number of thiophene rings is 1. The minimum Gasteiger partial charge on any atom is -0.375 e. The van der Waals surface area contributed by atoms with Gasteiger partial charge in [-0.3, -0.25) is 9.59 Å². The smallest absolute Gasteiger partial charge is 0.250 e. The Morgan fingerprint density at radius 3 is 2.71 bits per heavy atom. The molecule has 0 aliphatic heterocycles. The van der Waals surface area contributed by atoms with Gasteiger partial charge in [-0.05, 0) is 43.0 Å². The molecule has 1 heterocycles. The van der Waals surface area contributed by atoms with Gasteiger partial charge in [0.05, 0.1) is 18.2 Å². The molecule has 3 N–H and O–H groups in total. The zero-order chi connectivity index (χ0) is 17.9. The molecular weight excluding hydrogens is 329 g/mol. The number of carbonyl (C=O) groups excluding carboxylic acids is 2. The molecule has 1 atom stereocenters. The van der Waals surface area contributed by atoms with Crippen molar-refractivity contribution in [1.82, 2.24) is 4.90 Å². The average molecular weight is 349 g/mol. The lowest BCUT2D eigenvalue weighted by Gasteiger charge is -2.24. The average Bonchev–Trinajstić information content (AvgIpc) is 3.08. The summed E-state index contributed by atoms with van der Waals surface area (Å²) in [6.07, 6.45) is 0. The monoisotopic (exact) mass is 349 g/mol. The third-order valence-electron chi connectivity index (χ3n) is 3.92. The first-order valence-electron chi connectivity index (χ1n) is 7.44. The molecule has 0 fully saturated rings. The number of amides is 2. The number of halogens is 1. The van der Waals surface area contributed by atoms with Gasteiger partial charge >= 0.3 is 0 Å². The summed E-state index contributed by atoms with van der Waals surface area (Å²) in [6, 6.07) is 6.42. The molecule has 1 aromatic heterocycles. The van der Waals surface area contributed by atoms with Crippen LogP contribution in [0.1, 0.15) is 33.8 Å². The zero-order valence-electron chi connectivity index (χ0n) is 13.8. The normalized spacial score (nSPS) is 11.8. The van der Waals surface area contributed by atoms with Crippen LogP contribution in [0.15, 0.2) is 29.6 Å². The fourth-order valence-corrected chi connectivity index (χ4v) is 3.09. The van der Waals surface area contributed by atoms with Crippen LogP contribution < -0.4 is 11.1 Å². The molecule has 2 aromatic rings. The summed E-state index contributed by atoms with van der Waals surface area (Å²) >= 11 is 1.58. The number of benzene rings is 1. The Balaban J connectivity index is 2.09.